The molecule has 4 fully saturated rings. The van der Waals surface area contributed by atoms with Crippen molar-refractivity contribution in [2.45, 2.75) is 51.0 Å². The van der Waals surface area contributed by atoms with Gasteiger partial charge in [-0.2, -0.15) is 0 Å². The molecule has 0 unspecified atom stereocenters. The molecule has 0 radical (unpaired) electrons. The van der Waals surface area contributed by atoms with Crippen LogP contribution in [-0.2, 0) is 0 Å². The van der Waals surface area contributed by atoms with Gasteiger partial charge in [-0.3, -0.25) is 0 Å². The summed E-state index contributed by atoms with van der Waals surface area (Å²) in [6.07, 6.45) is 7.89. The molecule has 4 nitrogen and oxygen atoms in total. The Labute approximate surface area is 136 Å². The predicted molar refractivity (Wildman–Crippen MR) is 90.2 cm³/mol. The molecule has 4 heteroatoms. The normalized spacial score (nSPS) is 34.9. The fourth-order valence-electron chi connectivity index (χ4n) is 5.77. The Morgan fingerprint density at radius 3 is 2.35 bits per heavy atom. The average Bonchev–Trinajstić information content (AvgIpc) is 2.44. The Kier molecular flexibility index (Phi) is 2.71. The van der Waals surface area contributed by atoms with Crippen molar-refractivity contribution in [3.63, 3.8) is 0 Å². The zero-order chi connectivity index (χ0) is 15.6. The van der Waals surface area contributed by atoms with Gasteiger partial charge in [0.15, 0.2) is 0 Å². The molecule has 1 aromatic heterocycles. The standard InChI is InChI=1S/C19H23N3O/c1-11-21-15-3-2-4-16(17(15)18(20)22-11)23-19-8-12-5-13(9-19)7-14(6-12)10-19/h2-4,12-14H,5-10H2,1H3,(H2,20,21,22). The van der Waals surface area contributed by atoms with Crippen LogP contribution < -0.4 is 10.5 Å². The Bertz CT molecular complexity index is 750. The van der Waals surface area contributed by atoms with Crippen LogP contribution in [-0.4, -0.2) is 15.6 Å². The number of hydrogen-bond acceptors (Lipinski definition) is 4. The summed E-state index contributed by atoms with van der Waals surface area (Å²) in [4.78, 5) is 8.86. The molecule has 6 rings (SSSR count). The minimum atomic E-state index is 0.0281. The van der Waals surface area contributed by atoms with Crippen molar-refractivity contribution in [3.8, 4) is 5.75 Å². The van der Waals surface area contributed by atoms with Gasteiger partial charge in [-0.25, -0.2) is 9.97 Å². The van der Waals surface area contributed by atoms with E-state index in [0.717, 1.165) is 34.4 Å². The van der Waals surface area contributed by atoms with Crippen LogP contribution in [0.5, 0.6) is 5.75 Å². The van der Waals surface area contributed by atoms with E-state index in [1.807, 2.05) is 25.1 Å². The number of ether oxygens (including phenoxy) is 1. The van der Waals surface area contributed by atoms with Crippen molar-refractivity contribution >= 4 is 16.7 Å². The lowest BCUT2D eigenvalue weighted by molar-refractivity contribution is -0.107. The third kappa shape index (κ3) is 2.11. The van der Waals surface area contributed by atoms with Gasteiger partial charge in [0, 0.05) is 0 Å². The highest BCUT2D eigenvalue weighted by molar-refractivity contribution is 5.93. The van der Waals surface area contributed by atoms with E-state index in [2.05, 4.69) is 9.97 Å². The SMILES string of the molecule is Cc1nc(N)c2c(OC34CC5CC(CC(C5)C3)C4)cccc2n1. The lowest BCUT2D eigenvalue weighted by Crippen LogP contribution is -2.53. The van der Waals surface area contributed by atoms with E-state index < -0.39 is 0 Å². The van der Waals surface area contributed by atoms with Crippen LogP contribution in [0.2, 0.25) is 0 Å². The lowest BCUT2D eigenvalue weighted by atomic mass is 9.54. The third-order valence-electron chi connectivity index (χ3n) is 6.13. The van der Waals surface area contributed by atoms with E-state index in [1.54, 1.807) is 0 Å². The number of anilines is 1. The molecule has 0 atom stereocenters. The number of aryl methyl sites for hydroxylation is 1. The van der Waals surface area contributed by atoms with E-state index in [4.69, 9.17) is 10.5 Å². The maximum atomic E-state index is 6.69. The summed E-state index contributed by atoms with van der Waals surface area (Å²) in [6, 6.07) is 6.05. The number of benzene rings is 1. The Hall–Kier alpha value is -1.84. The molecule has 4 bridgehead atoms. The van der Waals surface area contributed by atoms with Gasteiger partial charge in [-0.05, 0) is 75.3 Å². The average molecular weight is 309 g/mol. The number of rotatable bonds is 2. The van der Waals surface area contributed by atoms with Gasteiger partial charge in [0.2, 0.25) is 0 Å². The molecule has 23 heavy (non-hydrogen) atoms. The highest BCUT2D eigenvalue weighted by atomic mass is 16.5. The number of fused-ring (bicyclic) bond motifs is 1. The van der Waals surface area contributed by atoms with Gasteiger partial charge >= 0.3 is 0 Å². The van der Waals surface area contributed by atoms with Crippen molar-refractivity contribution in [3.05, 3.63) is 24.0 Å². The first-order chi connectivity index (χ1) is 11.1. The summed E-state index contributed by atoms with van der Waals surface area (Å²) >= 11 is 0. The number of hydrogen-bond donors (Lipinski definition) is 1. The largest absolute Gasteiger partial charge is 0.486 e. The van der Waals surface area contributed by atoms with Gasteiger partial charge in [0.05, 0.1) is 10.9 Å². The van der Waals surface area contributed by atoms with Crippen LogP contribution >= 0.6 is 0 Å². The molecule has 0 spiro atoms. The molecule has 4 saturated carbocycles. The summed E-state index contributed by atoms with van der Waals surface area (Å²) in [6.45, 7) is 1.88. The summed E-state index contributed by atoms with van der Waals surface area (Å²) in [5, 5.41) is 0.883. The van der Waals surface area contributed by atoms with Crippen LogP contribution in [0, 0.1) is 24.7 Å². The molecular formula is C19H23N3O. The van der Waals surface area contributed by atoms with Crippen molar-refractivity contribution in [2.24, 2.45) is 17.8 Å². The molecule has 0 amide bonds. The number of nitrogens with two attached hydrogens (primary N) is 1. The van der Waals surface area contributed by atoms with Crippen LogP contribution in [0.4, 0.5) is 5.82 Å². The van der Waals surface area contributed by atoms with E-state index in [1.165, 1.54) is 38.5 Å². The molecule has 0 saturated heterocycles. The number of nitrogen functional groups attached to an aromatic ring is 1. The first-order valence-electron chi connectivity index (χ1n) is 8.82. The summed E-state index contributed by atoms with van der Waals surface area (Å²) < 4.78 is 6.69. The fourth-order valence-corrected chi connectivity index (χ4v) is 5.77. The molecule has 120 valence electrons. The van der Waals surface area contributed by atoms with Crippen LogP contribution in [0.15, 0.2) is 18.2 Å². The maximum absolute atomic E-state index is 6.69. The third-order valence-corrected chi connectivity index (χ3v) is 6.13. The highest BCUT2D eigenvalue weighted by Gasteiger charge is 2.52. The van der Waals surface area contributed by atoms with Gasteiger partial charge in [-0.1, -0.05) is 6.07 Å². The summed E-state index contributed by atoms with van der Waals surface area (Å²) in [5.41, 5.74) is 7.11. The van der Waals surface area contributed by atoms with Crippen molar-refractivity contribution < 1.29 is 4.74 Å². The van der Waals surface area contributed by atoms with Crippen molar-refractivity contribution in [1.82, 2.24) is 9.97 Å². The second kappa shape index (κ2) is 4.59. The van der Waals surface area contributed by atoms with E-state index in [-0.39, 0.29) is 5.60 Å². The fraction of sp³-hybridized carbons (Fsp3) is 0.579. The lowest BCUT2D eigenvalue weighted by Gasteiger charge is -2.56. The molecule has 2 aromatic rings. The molecule has 4 aliphatic rings. The van der Waals surface area contributed by atoms with Crippen LogP contribution in [0.25, 0.3) is 10.9 Å². The van der Waals surface area contributed by atoms with E-state index in [0.29, 0.717) is 11.6 Å². The molecule has 1 heterocycles. The van der Waals surface area contributed by atoms with Gasteiger partial charge in [0.1, 0.15) is 23.0 Å². The van der Waals surface area contributed by atoms with E-state index in [9.17, 15) is 0 Å². The maximum Gasteiger partial charge on any atom is 0.138 e. The monoisotopic (exact) mass is 309 g/mol. The molecular weight excluding hydrogens is 286 g/mol. The van der Waals surface area contributed by atoms with Crippen LogP contribution in [0.3, 0.4) is 0 Å². The quantitative estimate of drug-likeness (QED) is 0.915. The van der Waals surface area contributed by atoms with Crippen LogP contribution in [0.1, 0.15) is 44.3 Å². The zero-order valence-electron chi connectivity index (χ0n) is 13.6. The Morgan fingerprint density at radius 2 is 1.70 bits per heavy atom. The van der Waals surface area contributed by atoms with Crippen molar-refractivity contribution in [2.75, 3.05) is 5.73 Å². The molecule has 4 aliphatic carbocycles. The second-order valence-electron chi connectivity index (χ2n) is 8.01. The molecule has 2 N–H and O–H groups in total. The Morgan fingerprint density at radius 1 is 1.04 bits per heavy atom. The zero-order valence-corrected chi connectivity index (χ0v) is 13.6. The smallest absolute Gasteiger partial charge is 0.138 e. The first-order valence-corrected chi connectivity index (χ1v) is 8.82. The molecule has 0 aliphatic heterocycles. The first kappa shape index (κ1) is 13.6. The summed E-state index contributed by atoms with van der Waals surface area (Å²) in [7, 11) is 0. The van der Waals surface area contributed by atoms with Crippen molar-refractivity contribution in [1.29, 1.82) is 0 Å². The topological polar surface area (TPSA) is 61.0 Å². The van der Waals surface area contributed by atoms with Gasteiger partial charge in [0.25, 0.3) is 0 Å². The van der Waals surface area contributed by atoms with Gasteiger partial charge in [-0.15, -0.1) is 0 Å². The summed E-state index contributed by atoms with van der Waals surface area (Å²) in [5.74, 6) is 4.72. The second-order valence-corrected chi connectivity index (χ2v) is 8.01. The predicted octanol–water partition coefficient (Wildman–Crippen LogP) is 3.87. The Balaban J connectivity index is 1.57. The van der Waals surface area contributed by atoms with E-state index >= 15 is 0 Å². The molecule has 1 aromatic carbocycles. The minimum Gasteiger partial charge on any atom is -0.486 e. The van der Waals surface area contributed by atoms with Gasteiger partial charge < -0.3 is 10.5 Å². The number of aromatic nitrogens is 2. The highest BCUT2D eigenvalue weighted by Crippen LogP contribution is 2.57. The minimum absolute atomic E-state index is 0.0281. The number of nitrogens with zero attached hydrogens (tertiary/aromatic N) is 2.